The fourth-order valence-corrected chi connectivity index (χ4v) is 5.47. The van der Waals surface area contributed by atoms with Crippen LogP contribution in [0.15, 0.2) is 60.7 Å². The summed E-state index contributed by atoms with van der Waals surface area (Å²) in [4.78, 5) is 43.2. The minimum atomic E-state index is -0.758. The highest BCUT2D eigenvalue weighted by molar-refractivity contribution is 6.00. The molecule has 39 heavy (non-hydrogen) atoms. The summed E-state index contributed by atoms with van der Waals surface area (Å²) in [5, 5.41) is 5.77. The molecule has 0 unspecified atom stereocenters. The van der Waals surface area contributed by atoms with E-state index in [0.29, 0.717) is 38.8 Å². The van der Waals surface area contributed by atoms with Gasteiger partial charge < -0.3 is 25.2 Å². The predicted octanol–water partition coefficient (Wildman–Crippen LogP) is 3.93. The van der Waals surface area contributed by atoms with Gasteiger partial charge >= 0.3 is 6.09 Å². The number of nitrogens with one attached hydrogen (secondary N) is 2. The number of halogens is 1. The van der Waals surface area contributed by atoms with Crippen molar-refractivity contribution in [2.75, 3.05) is 32.7 Å². The van der Waals surface area contributed by atoms with E-state index in [2.05, 4.69) is 39.8 Å². The van der Waals surface area contributed by atoms with Crippen LogP contribution in [0, 0.1) is 0 Å². The van der Waals surface area contributed by atoms with E-state index in [1.165, 1.54) is 5.56 Å². The molecule has 8 nitrogen and oxygen atoms in total. The van der Waals surface area contributed by atoms with Crippen LogP contribution >= 0.6 is 12.4 Å². The normalized spacial score (nSPS) is 18.8. The fourth-order valence-electron chi connectivity index (χ4n) is 5.47. The average Bonchev–Trinajstić information content (AvgIpc) is 2.95. The summed E-state index contributed by atoms with van der Waals surface area (Å²) >= 11 is 0. The fraction of sp³-hybridized carbons (Fsp3) is 0.500. The zero-order chi connectivity index (χ0) is 26.8. The molecule has 2 aromatic rings. The lowest BCUT2D eigenvalue weighted by atomic mass is 9.81. The Bertz CT molecular complexity index is 1060. The maximum Gasteiger partial charge on any atom is 0.407 e. The first-order chi connectivity index (χ1) is 18.5. The van der Waals surface area contributed by atoms with Crippen LogP contribution < -0.4 is 10.6 Å². The van der Waals surface area contributed by atoms with Gasteiger partial charge in [0, 0.05) is 32.7 Å². The number of rotatable bonds is 11. The predicted molar refractivity (Wildman–Crippen MR) is 154 cm³/mol. The molecule has 0 aliphatic carbocycles. The first-order valence-corrected chi connectivity index (χ1v) is 13.8. The number of amides is 3. The molecule has 2 saturated heterocycles. The Morgan fingerprint density at radius 3 is 2.28 bits per heavy atom. The van der Waals surface area contributed by atoms with Gasteiger partial charge in [0.25, 0.3) is 0 Å². The Labute approximate surface area is 237 Å². The van der Waals surface area contributed by atoms with Crippen LogP contribution in [0.2, 0.25) is 0 Å². The molecule has 2 heterocycles. The molecule has 0 bridgehead atoms. The Kier molecular flexibility index (Phi) is 11.6. The Hall–Kier alpha value is -3.10. The van der Waals surface area contributed by atoms with Gasteiger partial charge in [0.15, 0.2) is 0 Å². The molecule has 212 valence electrons. The van der Waals surface area contributed by atoms with Crippen LogP contribution in [0.5, 0.6) is 0 Å². The highest BCUT2D eigenvalue weighted by Gasteiger charge is 2.52. The van der Waals surface area contributed by atoms with Crippen molar-refractivity contribution in [1.29, 1.82) is 0 Å². The van der Waals surface area contributed by atoms with Gasteiger partial charge in [-0.1, -0.05) is 67.6 Å². The van der Waals surface area contributed by atoms with Crippen LogP contribution in [-0.4, -0.2) is 72.0 Å². The molecule has 2 fully saturated rings. The number of benzene rings is 2. The number of piperidine rings is 1. The minimum Gasteiger partial charge on any atom is -0.445 e. The number of carbonyl (C=O) groups is 3. The molecule has 2 aromatic carbocycles. The van der Waals surface area contributed by atoms with Gasteiger partial charge in [0.05, 0.1) is 0 Å². The molecule has 0 aromatic heterocycles. The summed E-state index contributed by atoms with van der Waals surface area (Å²) < 4.78 is 5.23. The van der Waals surface area contributed by atoms with E-state index < -0.39 is 17.7 Å². The van der Waals surface area contributed by atoms with E-state index in [-0.39, 0.29) is 30.8 Å². The highest BCUT2D eigenvalue weighted by Crippen LogP contribution is 2.33. The summed E-state index contributed by atoms with van der Waals surface area (Å²) in [6.45, 7) is 5.76. The Morgan fingerprint density at radius 1 is 1.00 bits per heavy atom. The third kappa shape index (κ3) is 7.96. The maximum absolute atomic E-state index is 13.5. The summed E-state index contributed by atoms with van der Waals surface area (Å²) in [6, 6.07) is 19.4. The molecule has 2 aliphatic heterocycles. The van der Waals surface area contributed by atoms with Crippen molar-refractivity contribution < 1.29 is 19.1 Å². The maximum atomic E-state index is 13.5. The first-order valence-electron chi connectivity index (χ1n) is 13.8. The third-order valence-electron chi connectivity index (χ3n) is 7.65. The van der Waals surface area contributed by atoms with E-state index >= 15 is 0 Å². The van der Waals surface area contributed by atoms with Gasteiger partial charge in [-0.25, -0.2) is 4.79 Å². The van der Waals surface area contributed by atoms with E-state index in [1.807, 2.05) is 48.2 Å². The lowest BCUT2D eigenvalue weighted by molar-refractivity contribution is -0.161. The second-order valence-electron chi connectivity index (χ2n) is 10.3. The minimum absolute atomic E-state index is 0. The van der Waals surface area contributed by atoms with Crippen molar-refractivity contribution in [1.82, 2.24) is 20.4 Å². The van der Waals surface area contributed by atoms with Gasteiger partial charge in [0.1, 0.15) is 18.2 Å². The van der Waals surface area contributed by atoms with Crippen LogP contribution in [0.4, 0.5) is 4.79 Å². The van der Waals surface area contributed by atoms with Gasteiger partial charge in [-0.3, -0.25) is 9.59 Å². The molecular formula is C30H41ClN4O4. The Morgan fingerprint density at radius 2 is 1.64 bits per heavy atom. The smallest absolute Gasteiger partial charge is 0.407 e. The summed E-state index contributed by atoms with van der Waals surface area (Å²) in [6.07, 6.45) is 3.65. The van der Waals surface area contributed by atoms with E-state index in [1.54, 1.807) is 0 Å². The zero-order valence-corrected chi connectivity index (χ0v) is 23.6. The lowest BCUT2D eigenvalue weighted by Crippen LogP contribution is -2.72. The number of ether oxygens (including phenoxy) is 1. The van der Waals surface area contributed by atoms with Crippen molar-refractivity contribution in [2.45, 2.75) is 63.6 Å². The van der Waals surface area contributed by atoms with Crippen molar-refractivity contribution >= 4 is 30.3 Å². The van der Waals surface area contributed by atoms with Crippen LogP contribution in [0.1, 0.15) is 50.2 Å². The lowest BCUT2D eigenvalue weighted by Gasteiger charge is -2.51. The van der Waals surface area contributed by atoms with E-state index in [4.69, 9.17) is 4.74 Å². The monoisotopic (exact) mass is 556 g/mol. The van der Waals surface area contributed by atoms with E-state index in [0.717, 1.165) is 38.0 Å². The summed E-state index contributed by atoms with van der Waals surface area (Å²) in [7, 11) is 0. The standard InChI is InChI=1S/C30H40N4O4.ClH/c1-2-19-34-27(35)26(14-9-18-31-29(37)38-23-25-12-7-4-8-13-25)32-28(36)30(34)16-21-33(22-17-30)20-15-24-10-5-3-6-11-24;/h3-8,10-13,26H,2,9,14-23H2,1H3,(H,31,37)(H,32,36);1H/t26-;/m0./s1. The average molecular weight is 557 g/mol. The first kappa shape index (κ1) is 30.4. The van der Waals surface area contributed by atoms with Crippen molar-refractivity contribution in [2.24, 2.45) is 0 Å². The SMILES string of the molecule is CCCN1C(=O)[C@H](CCCNC(=O)OCc2ccccc2)NC(=O)C12CCN(CCc1ccccc1)CC2.Cl. The summed E-state index contributed by atoms with van der Waals surface area (Å²) in [5.41, 5.74) is 1.48. The third-order valence-corrected chi connectivity index (χ3v) is 7.65. The molecule has 1 atom stereocenters. The number of likely N-dealkylation sites (tertiary alicyclic amines) is 1. The number of piperazine rings is 1. The van der Waals surface area contributed by atoms with Gasteiger partial charge in [-0.2, -0.15) is 0 Å². The molecule has 2 aliphatic rings. The number of alkyl carbamates (subject to hydrolysis) is 1. The number of hydrogen-bond acceptors (Lipinski definition) is 5. The molecule has 9 heteroatoms. The quantitative estimate of drug-likeness (QED) is 0.409. The molecule has 3 amide bonds. The molecule has 2 N–H and O–H groups in total. The second kappa shape index (κ2) is 14.9. The van der Waals surface area contributed by atoms with Gasteiger partial charge in [-0.05, 0) is 49.7 Å². The largest absolute Gasteiger partial charge is 0.445 e. The van der Waals surface area contributed by atoms with Crippen molar-refractivity contribution in [3.8, 4) is 0 Å². The molecule has 4 rings (SSSR count). The zero-order valence-electron chi connectivity index (χ0n) is 22.8. The summed E-state index contributed by atoms with van der Waals surface area (Å²) in [5.74, 6) is -0.0377. The molecule has 1 spiro atoms. The van der Waals surface area contributed by atoms with Crippen molar-refractivity contribution in [3.05, 3.63) is 71.8 Å². The van der Waals surface area contributed by atoms with Crippen molar-refractivity contribution in [3.63, 3.8) is 0 Å². The molecule has 0 radical (unpaired) electrons. The number of hydrogen-bond donors (Lipinski definition) is 2. The molecular weight excluding hydrogens is 516 g/mol. The Balaban J connectivity index is 0.00000420. The highest BCUT2D eigenvalue weighted by atomic mass is 35.5. The van der Waals surface area contributed by atoms with Crippen LogP contribution in [0.25, 0.3) is 0 Å². The van der Waals surface area contributed by atoms with Gasteiger partial charge in [0.2, 0.25) is 11.8 Å². The topological polar surface area (TPSA) is 91.0 Å². The number of carbonyl (C=O) groups excluding carboxylic acids is 3. The van der Waals surface area contributed by atoms with Gasteiger partial charge in [-0.15, -0.1) is 12.4 Å². The molecule has 0 saturated carbocycles. The number of nitrogens with zero attached hydrogens (tertiary/aromatic N) is 2. The van der Waals surface area contributed by atoms with E-state index in [9.17, 15) is 14.4 Å². The van der Waals surface area contributed by atoms with Crippen LogP contribution in [0.3, 0.4) is 0 Å². The van der Waals surface area contributed by atoms with Crippen LogP contribution in [-0.2, 0) is 27.4 Å². The second-order valence-corrected chi connectivity index (χ2v) is 10.3.